The lowest BCUT2D eigenvalue weighted by molar-refractivity contribution is 0.0498. The van der Waals surface area contributed by atoms with Crippen LogP contribution in [0.5, 0.6) is 0 Å². The van der Waals surface area contributed by atoms with E-state index in [4.69, 9.17) is 15.2 Å². The molecule has 1 aliphatic rings. The fourth-order valence-electron chi connectivity index (χ4n) is 3.40. The summed E-state index contributed by atoms with van der Waals surface area (Å²) in [4.78, 5) is 42.0. The molecule has 12 nitrogen and oxygen atoms in total. The number of rotatable bonds is 6. The van der Waals surface area contributed by atoms with E-state index in [1.165, 1.54) is 7.11 Å². The summed E-state index contributed by atoms with van der Waals surface area (Å²) in [5.41, 5.74) is 5.67. The van der Waals surface area contributed by atoms with Crippen molar-refractivity contribution in [1.82, 2.24) is 20.5 Å². The van der Waals surface area contributed by atoms with Gasteiger partial charge in [0.25, 0.3) is 5.91 Å². The number of benzene rings is 1. The van der Waals surface area contributed by atoms with Gasteiger partial charge in [-0.05, 0) is 57.9 Å². The standard InChI is InChI=1S/C22H29N7O5/c1-22(2,3)34-21(32)25-15-6-5-11-29(12-15)20-26-18(16(17(23)30)27-28-20)24-14-9-7-13(8-10-14)19(31)33-4/h7-10,15H,5-6,11-12H2,1-4H3,(H2,23,30)(H,25,32)(H,24,26,28). The number of esters is 1. The quantitative estimate of drug-likeness (QED) is 0.531. The predicted octanol–water partition coefficient (Wildman–Crippen LogP) is 1.99. The first-order valence-electron chi connectivity index (χ1n) is 10.8. The molecule has 0 spiro atoms. The van der Waals surface area contributed by atoms with Crippen molar-refractivity contribution in [2.45, 2.75) is 45.3 Å². The smallest absolute Gasteiger partial charge is 0.407 e. The SMILES string of the molecule is COC(=O)c1ccc(Nc2nc(N3CCCC(NC(=O)OC(C)(C)C)C3)nnc2C(N)=O)cc1. The number of hydrogen-bond donors (Lipinski definition) is 3. The third-order valence-corrected chi connectivity index (χ3v) is 4.90. The van der Waals surface area contributed by atoms with Gasteiger partial charge in [0.05, 0.1) is 12.7 Å². The Hall–Kier alpha value is -3.96. The maximum Gasteiger partial charge on any atom is 0.407 e. The number of methoxy groups -OCH3 is 1. The fraction of sp³-hybridized carbons (Fsp3) is 0.455. The van der Waals surface area contributed by atoms with Gasteiger partial charge >= 0.3 is 12.1 Å². The van der Waals surface area contributed by atoms with Crippen molar-refractivity contribution in [1.29, 1.82) is 0 Å². The van der Waals surface area contributed by atoms with Crippen LogP contribution in [0, 0.1) is 0 Å². The number of carbonyl (C=O) groups excluding carboxylic acids is 3. The number of anilines is 3. The largest absolute Gasteiger partial charge is 0.465 e. The molecule has 0 radical (unpaired) electrons. The van der Waals surface area contributed by atoms with Crippen LogP contribution in [0.3, 0.4) is 0 Å². The van der Waals surface area contributed by atoms with Crippen molar-refractivity contribution in [3.05, 3.63) is 35.5 Å². The Kier molecular flexibility index (Phi) is 7.49. The summed E-state index contributed by atoms with van der Waals surface area (Å²) in [7, 11) is 1.30. The summed E-state index contributed by atoms with van der Waals surface area (Å²) < 4.78 is 10.0. The molecule has 1 aliphatic heterocycles. The van der Waals surface area contributed by atoms with E-state index >= 15 is 0 Å². The molecule has 2 amide bonds. The van der Waals surface area contributed by atoms with Gasteiger partial charge in [0.1, 0.15) is 5.60 Å². The molecule has 1 aromatic carbocycles. The van der Waals surface area contributed by atoms with E-state index < -0.39 is 23.6 Å². The predicted molar refractivity (Wildman–Crippen MR) is 124 cm³/mol. The Morgan fingerprint density at radius 3 is 2.47 bits per heavy atom. The lowest BCUT2D eigenvalue weighted by Crippen LogP contribution is -2.49. The van der Waals surface area contributed by atoms with Crippen LogP contribution in [0.1, 0.15) is 54.5 Å². The molecule has 0 bridgehead atoms. The molecule has 34 heavy (non-hydrogen) atoms. The van der Waals surface area contributed by atoms with Gasteiger partial charge in [-0.15, -0.1) is 10.2 Å². The molecular formula is C22H29N7O5. The third-order valence-electron chi connectivity index (χ3n) is 4.90. The minimum atomic E-state index is -0.789. The first-order valence-corrected chi connectivity index (χ1v) is 10.8. The zero-order chi connectivity index (χ0) is 24.9. The van der Waals surface area contributed by atoms with Gasteiger partial charge in [-0.3, -0.25) is 4.79 Å². The van der Waals surface area contributed by atoms with Crippen LogP contribution >= 0.6 is 0 Å². The third kappa shape index (κ3) is 6.53. The van der Waals surface area contributed by atoms with E-state index in [1.54, 1.807) is 45.0 Å². The van der Waals surface area contributed by atoms with Gasteiger partial charge in [-0.1, -0.05) is 0 Å². The van der Waals surface area contributed by atoms with Crippen molar-refractivity contribution in [2.24, 2.45) is 5.73 Å². The van der Waals surface area contributed by atoms with Crippen LogP contribution in [-0.2, 0) is 9.47 Å². The second-order valence-electron chi connectivity index (χ2n) is 8.80. The highest BCUT2D eigenvalue weighted by molar-refractivity contribution is 5.96. The number of piperidine rings is 1. The topological polar surface area (TPSA) is 162 Å². The van der Waals surface area contributed by atoms with Crippen molar-refractivity contribution < 1.29 is 23.9 Å². The maximum absolute atomic E-state index is 12.1. The summed E-state index contributed by atoms with van der Waals surface area (Å²) in [5, 5.41) is 13.9. The van der Waals surface area contributed by atoms with Gasteiger partial charge in [0.15, 0.2) is 11.5 Å². The number of nitrogens with two attached hydrogens (primary N) is 1. The van der Waals surface area contributed by atoms with E-state index in [2.05, 4.69) is 25.8 Å². The molecule has 1 aromatic heterocycles. The van der Waals surface area contributed by atoms with E-state index in [0.29, 0.717) is 24.3 Å². The van der Waals surface area contributed by atoms with E-state index in [0.717, 1.165) is 12.8 Å². The van der Waals surface area contributed by atoms with E-state index in [-0.39, 0.29) is 23.5 Å². The number of nitrogens with one attached hydrogen (secondary N) is 2. The second kappa shape index (κ2) is 10.3. The van der Waals surface area contributed by atoms with Crippen molar-refractivity contribution in [3.8, 4) is 0 Å². The molecule has 2 aromatic rings. The Morgan fingerprint density at radius 1 is 1.15 bits per heavy atom. The molecule has 12 heteroatoms. The molecule has 0 saturated carbocycles. The number of nitrogens with zero attached hydrogens (tertiary/aromatic N) is 4. The summed E-state index contributed by atoms with van der Waals surface area (Å²) in [6.07, 6.45) is 1.08. The minimum Gasteiger partial charge on any atom is -0.465 e. The van der Waals surface area contributed by atoms with Crippen LogP contribution in [0.25, 0.3) is 0 Å². The molecular weight excluding hydrogens is 442 g/mol. The van der Waals surface area contributed by atoms with Crippen molar-refractivity contribution in [3.63, 3.8) is 0 Å². The summed E-state index contributed by atoms with van der Waals surface area (Å²) in [6.45, 7) is 6.51. The van der Waals surface area contributed by atoms with Gasteiger partial charge < -0.3 is 30.7 Å². The molecule has 1 unspecified atom stereocenters. The first kappa shape index (κ1) is 24.7. The van der Waals surface area contributed by atoms with Crippen LogP contribution < -0.4 is 21.3 Å². The molecule has 4 N–H and O–H groups in total. The lowest BCUT2D eigenvalue weighted by atomic mass is 10.1. The Labute approximate surface area is 197 Å². The molecule has 2 heterocycles. The average Bonchev–Trinajstić information content (AvgIpc) is 2.77. The number of carbonyl (C=O) groups is 3. The van der Waals surface area contributed by atoms with Gasteiger partial charge in [0, 0.05) is 24.8 Å². The monoisotopic (exact) mass is 471 g/mol. The number of primary amides is 1. The van der Waals surface area contributed by atoms with E-state index in [1.807, 2.05) is 4.90 Å². The highest BCUT2D eigenvalue weighted by atomic mass is 16.6. The zero-order valence-corrected chi connectivity index (χ0v) is 19.6. The summed E-state index contributed by atoms with van der Waals surface area (Å²) in [6, 6.07) is 6.27. The average molecular weight is 472 g/mol. The number of hydrogen-bond acceptors (Lipinski definition) is 10. The molecule has 1 fully saturated rings. The minimum absolute atomic E-state index is 0.124. The summed E-state index contributed by atoms with van der Waals surface area (Å²) >= 11 is 0. The first-order chi connectivity index (χ1) is 16.1. The van der Waals surface area contributed by atoms with Gasteiger partial charge in [-0.25, -0.2) is 9.59 Å². The van der Waals surface area contributed by atoms with Crippen LogP contribution in [0.4, 0.5) is 22.2 Å². The van der Waals surface area contributed by atoms with Crippen molar-refractivity contribution >= 4 is 35.4 Å². The van der Waals surface area contributed by atoms with Crippen LogP contribution in [-0.4, -0.2) is 65.0 Å². The molecule has 1 saturated heterocycles. The maximum atomic E-state index is 12.1. The highest BCUT2D eigenvalue weighted by Gasteiger charge is 2.27. The van der Waals surface area contributed by atoms with Crippen LogP contribution in [0.15, 0.2) is 24.3 Å². The fourth-order valence-corrected chi connectivity index (χ4v) is 3.40. The normalized spacial score (nSPS) is 15.9. The Bertz CT molecular complexity index is 1050. The summed E-state index contributed by atoms with van der Waals surface area (Å²) in [5.74, 6) is -0.835. The number of alkyl carbamates (subject to hydrolysis) is 1. The number of ether oxygens (including phenoxy) is 2. The Morgan fingerprint density at radius 2 is 1.85 bits per heavy atom. The zero-order valence-electron chi connectivity index (χ0n) is 19.6. The number of amides is 2. The van der Waals surface area contributed by atoms with Crippen molar-refractivity contribution in [2.75, 3.05) is 30.4 Å². The molecule has 0 aliphatic carbocycles. The van der Waals surface area contributed by atoms with Crippen LogP contribution in [0.2, 0.25) is 0 Å². The van der Waals surface area contributed by atoms with E-state index in [9.17, 15) is 14.4 Å². The Balaban J connectivity index is 1.76. The van der Waals surface area contributed by atoms with Gasteiger partial charge in [-0.2, -0.15) is 4.98 Å². The highest BCUT2D eigenvalue weighted by Crippen LogP contribution is 2.22. The number of aromatic nitrogens is 3. The molecule has 3 rings (SSSR count). The lowest BCUT2D eigenvalue weighted by Gasteiger charge is -2.33. The second-order valence-corrected chi connectivity index (χ2v) is 8.80. The molecule has 182 valence electrons. The molecule has 1 atom stereocenters. The van der Waals surface area contributed by atoms with Gasteiger partial charge in [0.2, 0.25) is 5.95 Å².